The molecule has 3 saturated heterocycles. The molecule has 3 aliphatic heterocycles. The Morgan fingerprint density at radius 1 is 0.943 bits per heavy atom. The van der Waals surface area contributed by atoms with Crippen LogP contribution in [0.3, 0.4) is 0 Å². The van der Waals surface area contributed by atoms with E-state index in [1.54, 1.807) is 0 Å². The number of benzene rings is 1. The van der Waals surface area contributed by atoms with E-state index in [9.17, 15) is 5.11 Å². The van der Waals surface area contributed by atoms with Crippen molar-refractivity contribution >= 4 is 0 Å². The van der Waals surface area contributed by atoms with Crippen LogP contribution >= 0.6 is 0 Å². The van der Waals surface area contributed by atoms with Crippen LogP contribution in [-0.2, 0) is 28.4 Å². The third-order valence-electron chi connectivity index (χ3n) is 7.42. The molecule has 0 radical (unpaired) electrons. The lowest BCUT2D eigenvalue weighted by molar-refractivity contribution is -0.253. The van der Waals surface area contributed by atoms with Gasteiger partial charge in [-0.15, -0.1) is 0 Å². The van der Waals surface area contributed by atoms with E-state index in [0.717, 1.165) is 50.9 Å². The largest absolute Gasteiger partial charge is 0.491 e. The van der Waals surface area contributed by atoms with E-state index in [-0.39, 0.29) is 36.8 Å². The highest BCUT2D eigenvalue weighted by atomic mass is 16.7. The lowest BCUT2D eigenvalue weighted by Gasteiger charge is -2.37. The number of ether oxygens (including phenoxy) is 7. The van der Waals surface area contributed by atoms with Crippen LogP contribution in [0.15, 0.2) is 30.3 Å². The summed E-state index contributed by atoms with van der Waals surface area (Å²) in [7, 11) is 0. The minimum atomic E-state index is -0.748. The van der Waals surface area contributed by atoms with Crippen molar-refractivity contribution in [2.45, 2.75) is 101 Å². The maximum Gasteiger partial charge on any atom is 0.158 e. The summed E-state index contributed by atoms with van der Waals surface area (Å²) in [4.78, 5) is 0. The molecular weight excluding hydrogens is 452 g/mol. The van der Waals surface area contributed by atoms with Crippen LogP contribution in [0.25, 0.3) is 0 Å². The fourth-order valence-corrected chi connectivity index (χ4v) is 5.59. The van der Waals surface area contributed by atoms with Gasteiger partial charge in [0.05, 0.1) is 24.9 Å². The zero-order valence-corrected chi connectivity index (χ0v) is 20.7. The number of hydrogen-bond donors (Lipinski definition) is 1. The minimum Gasteiger partial charge on any atom is -0.491 e. The molecule has 4 aliphatic rings. The van der Waals surface area contributed by atoms with E-state index < -0.39 is 11.9 Å². The average molecular weight is 493 g/mol. The highest BCUT2D eigenvalue weighted by Crippen LogP contribution is 2.43. The van der Waals surface area contributed by atoms with Gasteiger partial charge in [-0.2, -0.15) is 0 Å². The molecule has 8 heteroatoms. The zero-order valence-electron chi connectivity index (χ0n) is 20.7. The molecule has 4 fully saturated rings. The van der Waals surface area contributed by atoms with Gasteiger partial charge in [0.2, 0.25) is 0 Å². The fraction of sp³-hybridized carbons (Fsp3) is 0.778. The van der Waals surface area contributed by atoms with Gasteiger partial charge in [0, 0.05) is 32.0 Å². The highest BCUT2D eigenvalue weighted by Gasteiger charge is 2.52. The molecule has 1 aliphatic carbocycles. The first-order valence-corrected chi connectivity index (χ1v) is 13.3. The van der Waals surface area contributed by atoms with Gasteiger partial charge < -0.3 is 38.3 Å². The normalized spacial score (nSPS) is 37.0. The predicted molar refractivity (Wildman–Crippen MR) is 127 cm³/mol. The molecule has 3 heterocycles. The van der Waals surface area contributed by atoms with Crippen molar-refractivity contribution in [3.05, 3.63) is 30.3 Å². The zero-order chi connectivity index (χ0) is 24.1. The second-order valence-electron chi connectivity index (χ2n) is 10.5. The Hall–Kier alpha value is -1.26. The van der Waals surface area contributed by atoms with Gasteiger partial charge in [-0.1, -0.05) is 18.2 Å². The van der Waals surface area contributed by atoms with Crippen molar-refractivity contribution in [3.63, 3.8) is 0 Å². The van der Waals surface area contributed by atoms with Crippen LogP contribution in [-0.4, -0.2) is 74.3 Å². The number of hydrogen-bond acceptors (Lipinski definition) is 8. The van der Waals surface area contributed by atoms with Gasteiger partial charge in [-0.25, -0.2) is 0 Å². The summed E-state index contributed by atoms with van der Waals surface area (Å²) in [6, 6.07) is 9.74. The molecule has 8 nitrogen and oxygen atoms in total. The van der Waals surface area contributed by atoms with E-state index >= 15 is 0 Å². The number of aliphatic hydroxyl groups is 1. The van der Waals surface area contributed by atoms with Gasteiger partial charge in [0.25, 0.3) is 0 Å². The molecule has 1 saturated carbocycles. The topological polar surface area (TPSA) is 84.8 Å². The Labute approximate surface area is 208 Å². The molecule has 7 unspecified atom stereocenters. The summed E-state index contributed by atoms with van der Waals surface area (Å²) in [6.45, 7) is 4.10. The van der Waals surface area contributed by atoms with E-state index in [4.69, 9.17) is 33.2 Å². The molecule has 35 heavy (non-hydrogen) atoms. The molecule has 8 atom stereocenters. The van der Waals surface area contributed by atoms with E-state index in [1.807, 2.05) is 37.3 Å². The molecule has 1 aromatic carbocycles. The first kappa shape index (κ1) is 25.4. The Morgan fingerprint density at radius 2 is 1.69 bits per heavy atom. The van der Waals surface area contributed by atoms with E-state index in [2.05, 4.69) is 0 Å². The summed E-state index contributed by atoms with van der Waals surface area (Å²) < 4.78 is 43.0. The van der Waals surface area contributed by atoms with Crippen molar-refractivity contribution in [2.75, 3.05) is 26.4 Å². The van der Waals surface area contributed by atoms with Crippen molar-refractivity contribution < 1.29 is 38.3 Å². The van der Waals surface area contributed by atoms with Gasteiger partial charge in [-0.05, 0) is 57.6 Å². The average Bonchev–Trinajstić information content (AvgIpc) is 3.39. The Bertz CT molecular complexity index is 766. The Morgan fingerprint density at radius 3 is 2.40 bits per heavy atom. The number of aliphatic hydroxyl groups excluding tert-OH is 1. The van der Waals surface area contributed by atoms with Crippen LogP contribution in [0.2, 0.25) is 0 Å². The first-order valence-electron chi connectivity index (χ1n) is 13.3. The number of para-hydroxylation sites is 1. The highest BCUT2D eigenvalue weighted by molar-refractivity contribution is 5.21. The monoisotopic (exact) mass is 492 g/mol. The van der Waals surface area contributed by atoms with Crippen molar-refractivity contribution in [1.82, 2.24) is 0 Å². The maximum atomic E-state index is 10.1. The van der Waals surface area contributed by atoms with Crippen molar-refractivity contribution in [1.29, 1.82) is 0 Å². The number of rotatable bonds is 10. The molecule has 1 aromatic rings. The third-order valence-corrected chi connectivity index (χ3v) is 7.42. The molecule has 5 rings (SSSR count). The summed E-state index contributed by atoms with van der Waals surface area (Å²) >= 11 is 0. The summed E-state index contributed by atoms with van der Waals surface area (Å²) in [5, 5.41) is 10.1. The molecule has 196 valence electrons. The van der Waals surface area contributed by atoms with Crippen LogP contribution in [0.5, 0.6) is 5.75 Å². The fourth-order valence-electron chi connectivity index (χ4n) is 5.59. The lowest BCUT2D eigenvalue weighted by Crippen LogP contribution is -2.47. The third kappa shape index (κ3) is 6.74. The van der Waals surface area contributed by atoms with Crippen LogP contribution in [0.1, 0.15) is 58.3 Å². The second-order valence-corrected chi connectivity index (χ2v) is 10.5. The van der Waals surface area contributed by atoms with Crippen LogP contribution in [0.4, 0.5) is 0 Å². The molecule has 0 amide bonds. The number of fused-ring (bicyclic) bond motifs is 1. The van der Waals surface area contributed by atoms with Crippen LogP contribution < -0.4 is 4.74 Å². The molecule has 0 aromatic heterocycles. The van der Waals surface area contributed by atoms with Gasteiger partial charge in [-0.3, -0.25) is 0 Å². The van der Waals surface area contributed by atoms with Gasteiger partial charge in [0.15, 0.2) is 18.9 Å². The second kappa shape index (κ2) is 11.9. The first-order chi connectivity index (χ1) is 17.1. The van der Waals surface area contributed by atoms with Gasteiger partial charge >= 0.3 is 0 Å². The van der Waals surface area contributed by atoms with Crippen LogP contribution in [0, 0.1) is 5.92 Å². The molecular formula is C27H40O8. The standard InChI is InChI=1S/C27H40O8/c1-27(35-25-12-6-8-14-30-25,17-31-19-9-3-2-4-10-19)18-32-26-20-15-23(28)33-21(20)16-22(26)34-24-11-5-7-13-29-24/h2-4,9-10,20-26,28H,5-8,11-18H2,1H3/t20-,21?,22?,23?,24?,25?,26?,27?/m1/s1. The molecule has 0 spiro atoms. The Balaban J connectivity index is 1.26. The minimum absolute atomic E-state index is 0.0713. The van der Waals surface area contributed by atoms with Crippen molar-refractivity contribution in [2.24, 2.45) is 5.92 Å². The molecule has 1 N–H and O–H groups in total. The predicted octanol–water partition coefficient (Wildman–Crippen LogP) is 3.79. The summed E-state index contributed by atoms with van der Waals surface area (Å²) in [5.41, 5.74) is -0.722. The van der Waals surface area contributed by atoms with E-state index in [1.165, 1.54) is 0 Å². The van der Waals surface area contributed by atoms with E-state index in [0.29, 0.717) is 32.7 Å². The lowest BCUT2D eigenvalue weighted by atomic mass is 10.0. The maximum absolute atomic E-state index is 10.1. The SMILES string of the molecule is CC(COc1ccccc1)(COC1C(OC2CCCCO2)CC2OC(O)C[C@H]21)OC1CCCCO1. The smallest absolute Gasteiger partial charge is 0.158 e. The summed E-state index contributed by atoms with van der Waals surface area (Å²) in [5.74, 6) is 0.861. The summed E-state index contributed by atoms with van der Waals surface area (Å²) in [6.07, 6.45) is 5.66. The molecule has 0 bridgehead atoms. The Kier molecular flexibility index (Phi) is 8.60. The van der Waals surface area contributed by atoms with Gasteiger partial charge in [0.1, 0.15) is 18.0 Å². The quantitative estimate of drug-likeness (QED) is 0.528. The van der Waals surface area contributed by atoms with Crippen molar-refractivity contribution in [3.8, 4) is 5.75 Å².